The van der Waals surface area contributed by atoms with Gasteiger partial charge in [-0.25, -0.2) is 4.39 Å². The van der Waals surface area contributed by atoms with Gasteiger partial charge in [0.15, 0.2) is 12.6 Å². The van der Waals surface area contributed by atoms with Crippen molar-refractivity contribution in [2.45, 2.75) is 0 Å². The second-order valence-corrected chi connectivity index (χ2v) is 2.24. The minimum absolute atomic E-state index is 0.224. The molecule has 0 aliphatic rings. The van der Waals surface area contributed by atoms with Gasteiger partial charge in [0, 0.05) is 11.1 Å². The molecule has 1 aromatic carbocycles. The Bertz CT molecular complexity index is 399. The first kappa shape index (κ1) is 9.14. The topological polar surface area (TPSA) is 34.1 Å². The third-order valence-electron chi connectivity index (χ3n) is 1.41. The first-order valence-corrected chi connectivity index (χ1v) is 3.48. The fourth-order valence-electron chi connectivity index (χ4n) is 0.847. The van der Waals surface area contributed by atoms with Crippen molar-refractivity contribution in [1.82, 2.24) is 0 Å². The van der Waals surface area contributed by atoms with Gasteiger partial charge in [-0.3, -0.25) is 9.59 Å². The molecule has 0 unspecified atom stereocenters. The highest BCUT2D eigenvalue weighted by Crippen LogP contribution is 2.07. The molecule has 0 amide bonds. The predicted molar refractivity (Wildman–Crippen MR) is 44.7 cm³/mol. The highest BCUT2D eigenvalue weighted by Gasteiger charge is 1.99. The normalized spacial score (nSPS) is 8.38. The van der Waals surface area contributed by atoms with Gasteiger partial charge < -0.3 is 0 Å². The van der Waals surface area contributed by atoms with E-state index in [4.69, 9.17) is 0 Å². The maximum absolute atomic E-state index is 12.6. The molecule has 3 heteroatoms. The molecule has 1 aromatic rings. The van der Waals surface area contributed by atoms with Gasteiger partial charge in [0.2, 0.25) is 0 Å². The first-order chi connectivity index (χ1) is 6.27. The van der Waals surface area contributed by atoms with E-state index in [1.54, 1.807) is 0 Å². The maximum Gasteiger partial charge on any atom is 0.193 e. The summed E-state index contributed by atoms with van der Waals surface area (Å²) in [5.41, 5.74) is 0.498. The van der Waals surface area contributed by atoms with E-state index in [0.717, 1.165) is 12.1 Å². The molecular weight excluding hydrogens is 171 g/mol. The van der Waals surface area contributed by atoms with Crippen molar-refractivity contribution in [1.29, 1.82) is 0 Å². The summed E-state index contributed by atoms with van der Waals surface area (Å²) in [6.45, 7) is 0. The summed E-state index contributed by atoms with van der Waals surface area (Å²) in [7, 11) is 0. The SMILES string of the molecule is O=CC#Cc1cc(F)ccc1C=O. The Hall–Kier alpha value is -1.95. The van der Waals surface area contributed by atoms with E-state index < -0.39 is 5.82 Å². The molecule has 0 aliphatic heterocycles. The van der Waals surface area contributed by atoms with Gasteiger partial charge in [-0.2, -0.15) is 0 Å². The monoisotopic (exact) mass is 176 g/mol. The van der Waals surface area contributed by atoms with Gasteiger partial charge in [-0.1, -0.05) is 5.92 Å². The second kappa shape index (κ2) is 4.17. The average molecular weight is 176 g/mol. The van der Waals surface area contributed by atoms with Crippen LogP contribution in [-0.2, 0) is 4.79 Å². The highest BCUT2D eigenvalue weighted by molar-refractivity contribution is 5.81. The van der Waals surface area contributed by atoms with Crippen LogP contribution in [0.25, 0.3) is 0 Å². The molecule has 0 saturated carbocycles. The van der Waals surface area contributed by atoms with E-state index in [9.17, 15) is 14.0 Å². The Kier molecular flexibility index (Phi) is 2.93. The zero-order valence-corrected chi connectivity index (χ0v) is 6.58. The zero-order valence-electron chi connectivity index (χ0n) is 6.58. The van der Waals surface area contributed by atoms with Gasteiger partial charge in [0.05, 0.1) is 0 Å². The molecule has 1 rings (SSSR count). The molecule has 0 bridgehead atoms. The number of hydrogen-bond acceptors (Lipinski definition) is 2. The number of benzene rings is 1. The number of rotatable bonds is 1. The quantitative estimate of drug-likeness (QED) is 0.475. The Morgan fingerprint density at radius 3 is 2.69 bits per heavy atom. The fourth-order valence-corrected chi connectivity index (χ4v) is 0.847. The molecule has 0 aliphatic carbocycles. The predicted octanol–water partition coefficient (Wildman–Crippen LogP) is 1.19. The molecule has 0 aromatic heterocycles. The van der Waals surface area contributed by atoms with E-state index >= 15 is 0 Å². The number of hydrogen-bond donors (Lipinski definition) is 0. The molecule has 13 heavy (non-hydrogen) atoms. The molecule has 0 saturated heterocycles. The molecule has 0 radical (unpaired) electrons. The largest absolute Gasteiger partial charge is 0.298 e. The van der Waals surface area contributed by atoms with E-state index in [0.29, 0.717) is 12.6 Å². The van der Waals surface area contributed by atoms with Crippen LogP contribution in [0, 0.1) is 17.7 Å². The van der Waals surface area contributed by atoms with Crippen molar-refractivity contribution in [2.24, 2.45) is 0 Å². The average Bonchev–Trinajstić information content (AvgIpc) is 2.15. The lowest BCUT2D eigenvalue weighted by molar-refractivity contribution is -0.103. The van der Waals surface area contributed by atoms with E-state index in [1.807, 2.05) is 0 Å². The van der Waals surface area contributed by atoms with Gasteiger partial charge in [-0.15, -0.1) is 0 Å². The van der Waals surface area contributed by atoms with Crippen molar-refractivity contribution in [3.63, 3.8) is 0 Å². The van der Waals surface area contributed by atoms with Gasteiger partial charge >= 0.3 is 0 Å². The van der Waals surface area contributed by atoms with Crippen molar-refractivity contribution < 1.29 is 14.0 Å². The number of carbonyl (C=O) groups is 2. The molecule has 0 N–H and O–H groups in total. The highest BCUT2D eigenvalue weighted by atomic mass is 19.1. The molecule has 2 nitrogen and oxygen atoms in total. The van der Waals surface area contributed by atoms with Crippen LogP contribution >= 0.6 is 0 Å². The zero-order chi connectivity index (χ0) is 9.68. The van der Waals surface area contributed by atoms with Crippen LogP contribution in [0.5, 0.6) is 0 Å². The Labute approximate surface area is 74.4 Å². The second-order valence-electron chi connectivity index (χ2n) is 2.24. The molecular formula is C10H5FO2. The molecule has 0 fully saturated rings. The van der Waals surface area contributed by atoms with Crippen LogP contribution in [0.3, 0.4) is 0 Å². The van der Waals surface area contributed by atoms with Crippen molar-refractivity contribution in [3.05, 3.63) is 35.1 Å². The number of aldehydes is 2. The van der Waals surface area contributed by atoms with Crippen molar-refractivity contribution >= 4 is 12.6 Å². The summed E-state index contributed by atoms with van der Waals surface area (Å²) < 4.78 is 12.6. The lowest BCUT2D eigenvalue weighted by Gasteiger charge is -1.94. The van der Waals surface area contributed by atoms with Gasteiger partial charge in [0.1, 0.15) is 5.82 Å². The molecule has 64 valence electrons. The molecule has 0 atom stereocenters. The summed E-state index contributed by atoms with van der Waals surface area (Å²) >= 11 is 0. The van der Waals surface area contributed by atoms with Crippen LogP contribution in [0.4, 0.5) is 4.39 Å². The molecule has 0 spiro atoms. The van der Waals surface area contributed by atoms with Crippen LogP contribution in [0.2, 0.25) is 0 Å². The summed E-state index contributed by atoms with van der Waals surface area (Å²) in [5.74, 6) is 3.99. The van der Waals surface area contributed by atoms with Crippen LogP contribution in [0.1, 0.15) is 15.9 Å². The van der Waals surface area contributed by atoms with Gasteiger partial charge in [-0.05, 0) is 24.1 Å². The van der Waals surface area contributed by atoms with Crippen molar-refractivity contribution in [2.75, 3.05) is 0 Å². The fraction of sp³-hybridized carbons (Fsp3) is 0. The number of halogens is 1. The number of carbonyl (C=O) groups excluding carboxylic acids is 2. The van der Waals surface area contributed by atoms with Crippen LogP contribution in [0.15, 0.2) is 18.2 Å². The van der Waals surface area contributed by atoms with Crippen molar-refractivity contribution in [3.8, 4) is 11.8 Å². The Morgan fingerprint density at radius 2 is 2.08 bits per heavy atom. The minimum atomic E-state index is -0.485. The standard InChI is InChI=1S/C10H5FO2/c11-10-4-3-9(7-13)8(6-10)2-1-5-12/h3-7H. The van der Waals surface area contributed by atoms with E-state index in [2.05, 4.69) is 11.8 Å². The lowest BCUT2D eigenvalue weighted by Crippen LogP contribution is -1.88. The summed E-state index contributed by atoms with van der Waals surface area (Å²) in [5, 5.41) is 0. The smallest absolute Gasteiger partial charge is 0.193 e. The summed E-state index contributed by atoms with van der Waals surface area (Å²) in [4.78, 5) is 20.3. The molecule has 0 heterocycles. The Balaban J connectivity index is 3.22. The van der Waals surface area contributed by atoms with E-state index in [1.165, 1.54) is 6.07 Å². The van der Waals surface area contributed by atoms with Gasteiger partial charge in [0.25, 0.3) is 0 Å². The van der Waals surface area contributed by atoms with Crippen LogP contribution in [-0.4, -0.2) is 12.6 Å². The third-order valence-corrected chi connectivity index (χ3v) is 1.41. The Morgan fingerprint density at radius 1 is 1.31 bits per heavy atom. The minimum Gasteiger partial charge on any atom is -0.298 e. The van der Waals surface area contributed by atoms with Crippen LogP contribution < -0.4 is 0 Å². The summed E-state index contributed by atoms with van der Waals surface area (Å²) in [6.07, 6.45) is 0.952. The first-order valence-electron chi connectivity index (χ1n) is 3.48. The maximum atomic E-state index is 12.6. The third kappa shape index (κ3) is 2.24. The lowest BCUT2D eigenvalue weighted by atomic mass is 10.1. The van der Waals surface area contributed by atoms with E-state index in [-0.39, 0.29) is 11.1 Å². The summed E-state index contributed by atoms with van der Waals surface area (Å²) in [6, 6.07) is 3.59.